The summed E-state index contributed by atoms with van der Waals surface area (Å²) in [7, 11) is 0. The first kappa shape index (κ1) is 25.6. The van der Waals surface area contributed by atoms with Gasteiger partial charge in [-0.15, -0.1) is 11.3 Å². The summed E-state index contributed by atoms with van der Waals surface area (Å²) < 4.78 is 5.29. The molecule has 0 saturated carbocycles. The highest BCUT2D eigenvalue weighted by atomic mass is 32.1. The number of carbonyl (C=O) groups is 3. The number of fused-ring (bicyclic) bond motifs is 1. The van der Waals surface area contributed by atoms with Gasteiger partial charge >= 0.3 is 17.9 Å². The number of hydrogen-bond acceptors (Lipinski definition) is 7. The highest BCUT2D eigenvalue weighted by molar-refractivity contribution is 7.18. The van der Waals surface area contributed by atoms with Crippen LogP contribution in [0.2, 0.25) is 0 Å². The number of piperidine rings is 1. The molecular formula is C25H32N6O4S. The van der Waals surface area contributed by atoms with E-state index in [9.17, 15) is 14.4 Å². The Kier molecular flexibility index (Phi) is 7.30. The topological polar surface area (TPSA) is 129 Å². The molecule has 2 atom stereocenters. The molecule has 11 heteroatoms. The molecule has 0 radical (unpaired) electrons. The van der Waals surface area contributed by atoms with E-state index in [1.807, 2.05) is 13.0 Å². The van der Waals surface area contributed by atoms with Crippen molar-refractivity contribution in [3.05, 3.63) is 35.0 Å². The lowest BCUT2D eigenvalue weighted by atomic mass is 9.93. The smallest absolute Gasteiger partial charge is 0.413 e. The lowest BCUT2D eigenvalue weighted by Gasteiger charge is -2.37. The van der Waals surface area contributed by atoms with E-state index in [2.05, 4.69) is 32.7 Å². The maximum absolute atomic E-state index is 13.3. The predicted octanol–water partition coefficient (Wildman–Crippen LogP) is 4.87. The molecule has 3 aromatic rings. The van der Waals surface area contributed by atoms with Crippen molar-refractivity contribution >= 4 is 51.0 Å². The Bertz CT molecular complexity index is 1250. The van der Waals surface area contributed by atoms with E-state index in [0.29, 0.717) is 36.0 Å². The van der Waals surface area contributed by atoms with Crippen molar-refractivity contribution in [3.8, 4) is 0 Å². The minimum Gasteiger partial charge on any atom is -0.444 e. The summed E-state index contributed by atoms with van der Waals surface area (Å²) in [4.78, 5) is 46.4. The molecule has 192 valence electrons. The second kappa shape index (κ2) is 10.3. The van der Waals surface area contributed by atoms with E-state index in [-0.39, 0.29) is 6.04 Å². The first-order valence-corrected chi connectivity index (χ1v) is 12.9. The van der Waals surface area contributed by atoms with Crippen LogP contribution >= 0.6 is 11.3 Å². The van der Waals surface area contributed by atoms with Gasteiger partial charge in [-0.2, -0.15) is 5.10 Å². The molecule has 36 heavy (non-hydrogen) atoms. The van der Waals surface area contributed by atoms with E-state index in [1.165, 1.54) is 6.20 Å². The summed E-state index contributed by atoms with van der Waals surface area (Å²) in [6, 6.07) is 3.58. The number of nitrogens with one attached hydrogen (secondary N) is 3. The zero-order valence-corrected chi connectivity index (χ0v) is 22.0. The van der Waals surface area contributed by atoms with Gasteiger partial charge in [0.15, 0.2) is 0 Å². The summed E-state index contributed by atoms with van der Waals surface area (Å²) in [5.74, 6) is -0.634. The van der Waals surface area contributed by atoms with Crippen LogP contribution in [0.4, 0.5) is 16.3 Å². The standard InChI is InChI=1S/C25H32N6O4S/c1-6-15-9-17(12-26-20(15)29-24(34)35-25(3,4)5)28-21(32)23(33)31-13-14(2)7-8-18(31)19-10-16-11-27-30-22(16)36-19/h9-12,14,18H,6-8,13H2,1-5H3,(H,27,30)(H,28,32)(H,26,29,34)/t14-,18+/m0/s1. The quantitative estimate of drug-likeness (QED) is 0.428. The number of likely N-dealkylation sites (tertiary alicyclic amines) is 1. The van der Waals surface area contributed by atoms with Crippen molar-refractivity contribution < 1.29 is 19.1 Å². The molecule has 10 nitrogen and oxygen atoms in total. The summed E-state index contributed by atoms with van der Waals surface area (Å²) in [6.07, 6.45) is 4.91. The number of ether oxygens (including phenoxy) is 1. The van der Waals surface area contributed by atoms with Crippen LogP contribution in [0.5, 0.6) is 0 Å². The van der Waals surface area contributed by atoms with Gasteiger partial charge in [-0.05, 0) is 63.6 Å². The summed E-state index contributed by atoms with van der Waals surface area (Å²) in [6.45, 7) is 9.84. The molecule has 0 bridgehead atoms. The van der Waals surface area contributed by atoms with Crippen LogP contribution in [0.1, 0.15) is 63.9 Å². The van der Waals surface area contributed by atoms with Gasteiger partial charge in [0, 0.05) is 16.8 Å². The van der Waals surface area contributed by atoms with Crippen molar-refractivity contribution in [1.82, 2.24) is 20.1 Å². The minimum absolute atomic E-state index is 0.157. The largest absolute Gasteiger partial charge is 0.444 e. The van der Waals surface area contributed by atoms with E-state index in [0.717, 1.165) is 27.9 Å². The first-order valence-electron chi connectivity index (χ1n) is 12.1. The number of H-pyrrole nitrogens is 1. The number of nitrogens with zero attached hydrogens (tertiary/aromatic N) is 3. The number of hydrogen-bond donors (Lipinski definition) is 3. The van der Waals surface area contributed by atoms with Gasteiger partial charge in [0.25, 0.3) is 0 Å². The van der Waals surface area contributed by atoms with Gasteiger partial charge in [-0.25, -0.2) is 9.78 Å². The third kappa shape index (κ3) is 5.84. The molecular weight excluding hydrogens is 480 g/mol. The molecule has 1 aliphatic rings. The zero-order valence-electron chi connectivity index (χ0n) is 21.2. The molecule has 3 aromatic heterocycles. The molecule has 3 N–H and O–H groups in total. The third-order valence-corrected chi connectivity index (χ3v) is 7.13. The molecule has 1 saturated heterocycles. The lowest BCUT2D eigenvalue weighted by Crippen LogP contribution is -2.46. The van der Waals surface area contributed by atoms with Gasteiger partial charge in [-0.1, -0.05) is 13.8 Å². The van der Waals surface area contributed by atoms with Crippen LogP contribution in [0.3, 0.4) is 0 Å². The molecule has 4 rings (SSSR count). The van der Waals surface area contributed by atoms with Crippen LogP contribution in [-0.4, -0.2) is 50.1 Å². The fourth-order valence-electron chi connectivity index (χ4n) is 4.28. The number of aromatic nitrogens is 3. The van der Waals surface area contributed by atoms with Gasteiger partial charge in [-0.3, -0.25) is 20.0 Å². The molecule has 0 aliphatic carbocycles. The van der Waals surface area contributed by atoms with Crippen molar-refractivity contribution in [3.63, 3.8) is 0 Å². The second-order valence-electron chi connectivity index (χ2n) is 10.1. The van der Waals surface area contributed by atoms with Crippen LogP contribution in [0.15, 0.2) is 24.5 Å². The van der Waals surface area contributed by atoms with Gasteiger partial charge in [0.1, 0.15) is 16.2 Å². The number of aromatic amines is 1. The Morgan fingerprint density at radius 1 is 1.19 bits per heavy atom. The number of carbonyl (C=O) groups excluding carboxylic acids is 3. The molecule has 0 spiro atoms. The fourth-order valence-corrected chi connectivity index (χ4v) is 5.41. The Hall–Kier alpha value is -3.47. The Morgan fingerprint density at radius 3 is 2.67 bits per heavy atom. The van der Waals surface area contributed by atoms with E-state index in [1.54, 1.807) is 49.3 Å². The molecule has 1 aliphatic heterocycles. The van der Waals surface area contributed by atoms with Crippen LogP contribution in [0, 0.1) is 5.92 Å². The molecule has 3 amide bonds. The highest BCUT2D eigenvalue weighted by Crippen LogP contribution is 2.38. The van der Waals surface area contributed by atoms with Crippen LogP contribution < -0.4 is 10.6 Å². The Labute approximate surface area is 213 Å². The number of amides is 3. The Morgan fingerprint density at radius 2 is 1.97 bits per heavy atom. The number of thiophene rings is 1. The van der Waals surface area contributed by atoms with Gasteiger partial charge in [0.05, 0.1) is 24.1 Å². The van der Waals surface area contributed by atoms with Crippen LogP contribution in [0.25, 0.3) is 10.2 Å². The average molecular weight is 513 g/mol. The zero-order chi connectivity index (χ0) is 26.0. The Balaban J connectivity index is 1.47. The van der Waals surface area contributed by atoms with Crippen LogP contribution in [-0.2, 0) is 20.7 Å². The van der Waals surface area contributed by atoms with E-state index < -0.39 is 23.5 Å². The third-order valence-electron chi connectivity index (χ3n) is 5.98. The number of pyridine rings is 1. The number of rotatable bonds is 4. The molecule has 1 fully saturated rings. The summed E-state index contributed by atoms with van der Waals surface area (Å²) in [5, 5.41) is 13.4. The molecule has 0 aromatic carbocycles. The van der Waals surface area contributed by atoms with Crippen molar-refractivity contribution in [2.45, 2.75) is 65.5 Å². The number of aryl methyl sites for hydroxylation is 1. The first-order chi connectivity index (χ1) is 17.0. The minimum atomic E-state index is -0.713. The maximum atomic E-state index is 13.3. The van der Waals surface area contributed by atoms with E-state index >= 15 is 0 Å². The normalized spacial score (nSPS) is 18.2. The van der Waals surface area contributed by atoms with E-state index in [4.69, 9.17) is 4.74 Å². The van der Waals surface area contributed by atoms with Gasteiger partial charge < -0.3 is 15.0 Å². The second-order valence-corrected chi connectivity index (χ2v) is 11.2. The highest BCUT2D eigenvalue weighted by Gasteiger charge is 2.35. The summed E-state index contributed by atoms with van der Waals surface area (Å²) >= 11 is 1.56. The number of anilines is 2. The molecule has 0 unspecified atom stereocenters. The van der Waals surface area contributed by atoms with Gasteiger partial charge in [0.2, 0.25) is 0 Å². The summed E-state index contributed by atoms with van der Waals surface area (Å²) in [5.41, 5.74) is 0.455. The fraction of sp³-hybridized carbons (Fsp3) is 0.480. The van der Waals surface area contributed by atoms with Crippen molar-refractivity contribution in [1.29, 1.82) is 0 Å². The molecule has 4 heterocycles. The monoisotopic (exact) mass is 512 g/mol. The lowest BCUT2D eigenvalue weighted by molar-refractivity contribution is -0.146. The maximum Gasteiger partial charge on any atom is 0.413 e. The predicted molar refractivity (Wildman–Crippen MR) is 139 cm³/mol. The van der Waals surface area contributed by atoms with Crippen molar-refractivity contribution in [2.75, 3.05) is 17.2 Å². The average Bonchev–Trinajstić information content (AvgIpc) is 3.40. The van der Waals surface area contributed by atoms with Crippen molar-refractivity contribution in [2.24, 2.45) is 5.92 Å². The SMILES string of the molecule is CCc1cc(NC(=O)C(=O)N2C[C@@H](C)CC[C@@H]2c2cc3cn[nH]c3s2)cnc1NC(=O)OC(C)(C)C.